The molecule has 0 saturated carbocycles. The van der Waals surface area contributed by atoms with E-state index >= 15 is 0 Å². The van der Waals surface area contributed by atoms with E-state index in [0.29, 0.717) is 11.3 Å². The molecule has 0 radical (unpaired) electrons. The van der Waals surface area contributed by atoms with Gasteiger partial charge in [0, 0.05) is 6.61 Å². The smallest absolute Gasteiger partial charge is 0.348 e. The fourth-order valence-corrected chi connectivity index (χ4v) is 1.73. The predicted octanol–water partition coefficient (Wildman–Crippen LogP) is 1.93. The van der Waals surface area contributed by atoms with Gasteiger partial charge in [0.05, 0.1) is 7.11 Å². The van der Waals surface area contributed by atoms with E-state index in [1.165, 1.54) is 18.4 Å². The molecule has 0 aliphatic carbocycles. The van der Waals surface area contributed by atoms with Gasteiger partial charge in [-0.25, -0.2) is 4.79 Å². The molecule has 1 aromatic heterocycles. The molecule has 1 N–H and O–H groups in total. The molecule has 0 aliphatic rings. The number of aliphatic hydroxyl groups is 1. The molecule has 1 heterocycles. The first kappa shape index (κ1) is 10.9. The zero-order chi connectivity index (χ0) is 10.4. The summed E-state index contributed by atoms with van der Waals surface area (Å²) in [4.78, 5) is 11.7. The number of esters is 1. The third-order valence-electron chi connectivity index (χ3n) is 1.61. The third-order valence-corrected chi connectivity index (χ3v) is 2.54. The molecule has 0 spiro atoms. The van der Waals surface area contributed by atoms with Crippen LogP contribution in [0, 0.1) is 0 Å². The first-order valence-corrected chi connectivity index (χ1v) is 5.10. The summed E-state index contributed by atoms with van der Waals surface area (Å²) in [6.45, 7) is 0.143. The molecule has 0 fully saturated rings. The number of hydrogen-bond donors (Lipinski definition) is 1. The maximum atomic E-state index is 11.1. The van der Waals surface area contributed by atoms with Crippen molar-refractivity contribution in [1.82, 2.24) is 0 Å². The summed E-state index contributed by atoms with van der Waals surface area (Å²) in [5, 5.41) is 10.4. The highest BCUT2D eigenvalue weighted by Gasteiger charge is 2.06. The van der Waals surface area contributed by atoms with Gasteiger partial charge in [0.15, 0.2) is 0 Å². The predicted molar refractivity (Wildman–Crippen MR) is 56.4 cm³/mol. The van der Waals surface area contributed by atoms with Crippen molar-refractivity contribution in [1.29, 1.82) is 0 Å². The van der Waals surface area contributed by atoms with Crippen molar-refractivity contribution in [2.45, 2.75) is 6.42 Å². The van der Waals surface area contributed by atoms with Gasteiger partial charge in [-0.1, -0.05) is 12.2 Å². The van der Waals surface area contributed by atoms with Crippen LogP contribution in [-0.2, 0) is 4.74 Å². The molecule has 14 heavy (non-hydrogen) atoms. The van der Waals surface area contributed by atoms with Gasteiger partial charge in [-0.05, 0) is 23.4 Å². The fraction of sp³-hybridized carbons (Fsp3) is 0.300. The van der Waals surface area contributed by atoms with Crippen LogP contribution in [0.2, 0.25) is 0 Å². The second-order valence-corrected chi connectivity index (χ2v) is 3.56. The van der Waals surface area contributed by atoms with E-state index in [9.17, 15) is 4.79 Å². The van der Waals surface area contributed by atoms with Crippen LogP contribution in [0.4, 0.5) is 0 Å². The topological polar surface area (TPSA) is 46.5 Å². The maximum absolute atomic E-state index is 11.1. The Bertz CT molecular complexity index is 328. The van der Waals surface area contributed by atoms with Crippen molar-refractivity contribution in [2.24, 2.45) is 0 Å². The molecule has 1 rings (SSSR count). The molecule has 4 heteroatoms. The van der Waals surface area contributed by atoms with Gasteiger partial charge >= 0.3 is 5.97 Å². The summed E-state index contributed by atoms with van der Waals surface area (Å²) in [5.74, 6) is -0.309. The van der Waals surface area contributed by atoms with Crippen molar-refractivity contribution >= 4 is 23.4 Å². The van der Waals surface area contributed by atoms with E-state index < -0.39 is 0 Å². The summed E-state index contributed by atoms with van der Waals surface area (Å²) in [5.41, 5.74) is 0.962. The Balaban J connectivity index is 2.63. The SMILES string of the molecule is COC(=O)c1cc(C=CCCO)cs1. The monoisotopic (exact) mass is 212 g/mol. The molecular weight excluding hydrogens is 200 g/mol. The summed E-state index contributed by atoms with van der Waals surface area (Å²) in [6, 6.07) is 1.77. The Morgan fingerprint density at radius 2 is 2.50 bits per heavy atom. The van der Waals surface area contributed by atoms with Crippen molar-refractivity contribution < 1.29 is 14.6 Å². The minimum absolute atomic E-state index is 0.143. The van der Waals surface area contributed by atoms with Gasteiger partial charge in [-0.3, -0.25) is 0 Å². The minimum atomic E-state index is -0.309. The van der Waals surface area contributed by atoms with Gasteiger partial charge in [0.2, 0.25) is 0 Å². The molecular formula is C10H12O3S. The lowest BCUT2D eigenvalue weighted by Crippen LogP contribution is -1.96. The Kier molecular flexibility index (Phi) is 4.35. The fourth-order valence-electron chi connectivity index (χ4n) is 0.940. The number of carbonyl (C=O) groups is 1. The molecule has 0 atom stereocenters. The second-order valence-electron chi connectivity index (χ2n) is 2.65. The van der Waals surface area contributed by atoms with Crippen LogP contribution in [0.3, 0.4) is 0 Å². The number of thiophene rings is 1. The van der Waals surface area contributed by atoms with Crippen LogP contribution in [0.25, 0.3) is 6.08 Å². The van der Waals surface area contributed by atoms with Crippen LogP contribution in [0.15, 0.2) is 17.5 Å². The lowest BCUT2D eigenvalue weighted by molar-refractivity contribution is 0.0606. The number of aliphatic hydroxyl groups excluding tert-OH is 1. The minimum Gasteiger partial charge on any atom is -0.465 e. The molecule has 0 saturated heterocycles. The number of rotatable bonds is 4. The zero-order valence-corrected chi connectivity index (χ0v) is 8.71. The quantitative estimate of drug-likeness (QED) is 0.776. The lowest BCUT2D eigenvalue weighted by atomic mass is 10.2. The van der Waals surface area contributed by atoms with Crippen LogP contribution < -0.4 is 0 Å². The van der Waals surface area contributed by atoms with E-state index in [1.54, 1.807) is 6.07 Å². The maximum Gasteiger partial charge on any atom is 0.348 e. The highest BCUT2D eigenvalue weighted by atomic mass is 32.1. The van der Waals surface area contributed by atoms with E-state index in [0.717, 1.165) is 5.56 Å². The van der Waals surface area contributed by atoms with Gasteiger partial charge in [-0.15, -0.1) is 11.3 Å². The second kappa shape index (κ2) is 5.57. The Hall–Kier alpha value is -1.13. The molecule has 0 aromatic carbocycles. The van der Waals surface area contributed by atoms with Crippen LogP contribution >= 0.6 is 11.3 Å². The Morgan fingerprint density at radius 1 is 1.71 bits per heavy atom. The first-order valence-electron chi connectivity index (χ1n) is 4.22. The normalized spacial score (nSPS) is 10.7. The van der Waals surface area contributed by atoms with E-state index in [-0.39, 0.29) is 12.6 Å². The highest BCUT2D eigenvalue weighted by Crippen LogP contribution is 2.16. The van der Waals surface area contributed by atoms with Gasteiger partial charge in [0.25, 0.3) is 0 Å². The molecule has 0 unspecified atom stereocenters. The average molecular weight is 212 g/mol. The number of hydrogen-bond acceptors (Lipinski definition) is 4. The van der Waals surface area contributed by atoms with Crippen LogP contribution in [0.1, 0.15) is 21.7 Å². The summed E-state index contributed by atoms with van der Waals surface area (Å²) >= 11 is 1.35. The van der Waals surface area contributed by atoms with Crippen LogP contribution in [-0.4, -0.2) is 24.8 Å². The summed E-state index contributed by atoms with van der Waals surface area (Å²) in [6.07, 6.45) is 4.37. The standard InChI is InChI=1S/C10H12O3S/c1-13-10(12)9-6-8(7-14-9)4-2-3-5-11/h2,4,6-7,11H,3,5H2,1H3. The van der Waals surface area contributed by atoms with E-state index in [2.05, 4.69) is 4.74 Å². The Morgan fingerprint density at radius 3 is 3.14 bits per heavy atom. The van der Waals surface area contributed by atoms with Gasteiger partial charge < -0.3 is 9.84 Å². The summed E-state index contributed by atoms with van der Waals surface area (Å²) < 4.78 is 4.58. The Labute approximate surface area is 86.6 Å². The number of methoxy groups -OCH3 is 1. The molecule has 3 nitrogen and oxygen atoms in total. The largest absolute Gasteiger partial charge is 0.465 e. The van der Waals surface area contributed by atoms with Crippen molar-refractivity contribution in [3.05, 3.63) is 28.0 Å². The highest BCUT2D eigenvalue weighted by molar-refractivity contribution is 7.12. The van der Waals surface area contributed by atoms with Crippen LogP contribution in [0.5, 0.6) is 0 Å². The van der Waals surface area contributed by atoms with E-state index in [4.69, 9.17) is 5.11 Å². The van der Waals surface area contributed by atoms with Crippen molar-refractivity contribution in [2.75, 3.05) is 13.7 Å². The number of carbonyl (C=O) groups excluding carboxylic acids is 1. The summed E-state index contributed by atoms with van der Waals surface area (Å²) in [7, 11) is 1.36. The lowest BCUT2D eigenvalue weighted by Gasteiger charge is -1.91. The average Bonchev–Trinajstić information content (AvgIpc) is 2.66. The number of ether oxygens (including phenoxy) is 1. The first-order chi connectivity index (χ1) is 6.77. The molecule has 0 amide bonds. The van der Waals surface area contributed by atoms with Gasteiger partial charge in [-0.2, -0.15) is 0 Å². The third kappa shape index (κ3) is 2.97. The van der Waals surface area contributed by atoms with Gasteiger partial charge in [0.1, 0.15) is 4.88 Å². The molecule has 0 aliphatic heterocycles. The molecule has 76 valence electrons. The zero-order valence-electron chi connectivity index (χ0n) is 7.90. The molecule has 1 aromatic rings. The van der Waals surface area contributed by atoms with E-state index in [1.807, 2.05) is 17.5 Å². The van der Waals surface area contributed by atoms with Crippen molar-refractivity contribution in [3.8, 4) is 0 Å². The van der Waals surface area contributed by atoms with Crippen molar-refractivity contribution in [3.63, 3.8) is 0 Å². The molecule has 0 bridgehead atoms.